The van der Waals surface area contributed by atoms with Gasteiger partial charge >= 0.3 is 0 Å². The Kier molecular flexibility index (Phi) is 6.10. The molecule has 0 atom stereocenters. The van der Waals surface area contributed by atoms with Gasteiger partial charge in [-0.05, 0) is 37.0 Å². The van der Waals surface area contributed by atoms with E-state index in [1.54, 1.807) is 18.2 Å². The summed E-state index contributed by atoms with van der Waals surface area (Å²) in [7, 11) is 0. The molecule has 0 saturated heterocycles. The first-order valence-corrected chi connectivity index (χ1v) is 7.76. The van der Waals surface area contributed by atoms with E-state index in [-0.39, 0.29) is 12.5 Å². The molecule has 1 aromatic rings. The van der Waals surface area contributed by atoms with E-state index in [4.69, 9.17) is 16.7 Å². The molecule has 112 valence electrons. The van der Waals surface area contributed by atoms with Crippen LogP contribution in [-0.2, 0) is 4.79 Å². The van der Waals surface area contributed by atoms with E-state index < -0.39 is 0 Å². The molecule has 1 fully saturated rings. The van der Waals surface area contributed by atoms with Crippen LogP contribution < -0.4 is 5.32 Å². The third-order valence-electron chi connectivity index (χ3n) is 3.66. The van der Waals surface area contributed by atoms with Crippen molar-refractivity contribution in [2.75, 3.05) is 11.9 Å². The Morgan fingerprint density at radius 1 is 1.38 bits per heavy atom. The van der Waals surface area contributed by atoms with Crippen LogP contribution in [-0.4, -0.2) is 17.6 Å². The van der Waals surface area contributed by atoms with Crippen molar-refractivity contribution in [2.45, 2.75) is 38.5 Å². The minimum Gasteiger partial charge on any atom is -0.395 e. The Balaban J connectivity index is 1.99. The highest BCUT2D eigenvalue weighted by Gasteiger charge is 2.18. The summed E-state index contributed by atoms with van der Waals surface area (Å²) in [5.41, 5.74) is 1.39. The van der Waals surface area contributed by atoms with Crippen LogP contribution in [0.15, 0.2) is 18.2 Å². The van der Waals surface area contributed by atoms with Crippen LogP contribution in [0.3, 0.4) is 0 Å². The van der Waals surface area contributed by atoms with Crippen LogP contribution in [0.2, 0.25) is 5.02 Å². The number of amides is 1. The molecule has 1 aliphatic carbocycles. The summed E-state index contributed by atoms with van der Waals surface area (Å²) in [5, 5.41) is 12.1. The molecule has 1 saturated carbocycles. The Hall–Kier alpha value is -1.50. The zero-order valence-corrected chi connectivity index (χ0v) is 12.7. The second kappa shape index (κ2) is 8.07. The van der Waals surface area contributed by atoms with E-state index in [9.17, 15) is 4.79 Å². The fourth-order valence-electron chi connectivity index (χ4n) is 2.60. The van der Waals surface area contributed by atoms with Gasteiger partial charge in [0.05, 0.1) is 17.3 Å². The lowest BCUT2D eigenvalue weighted by Crippen LogP contribution is -2.15. The summed E-state index contributed by atoms with van der Waals surface area (Å²) in [6, 6.07) is 5.31. The predicted molar refractivity (Wildman–Crippen MR) is 85.2 cm³/mol. The molecule has 0 unspecified atom stereocenters. The van der Waals surface area contributed by atoms with Crippen LogP contribution in [0.1, 0.15) is 44.1 Å². The molecule has 1 amide bonds. The molecule has 0 heterocycles. The van der Waals surface area contributed by atoms with E-state index in [2.05, 4.69) is 17.2 Å². The number of hydrogen-bond acceptors (Lipinski definition) is 2. The average molecular weight is 306 g/mol. The molecule has 4 heteroatoms. The second-order valence-electron chi connectivity index (χ2n) is 5.37. The monoisotopic (exact) mass is 305 g/mol. The third-order valence-corrected chi connectivity index (χ3v) is 3.99. The number of nitrogens with one attached hydrogen (secondary N) is 1. The molecule has 2 rings (SSSR count). The first-order chi connectivity index (χ1) is 10.2. The molecule has 0 bridgehead atoms. The number of aliphatic hydroxyl groups excluding tert-OH is 1. The maximum Gasteiger partial charge on any atom is 0.224 e. The first-order valence-electron chi connectivity index (χ1n) is 7.38. The van der Waals surface area contributed by atoms with Crippen LogP contribution in [0, 0.1) is 17.8 Å². The number of benzene rings is 1. The van der Waals surface area contributed by atoms with Gasteiger partial charge in [-0.2, -0.15) is 0 Å². The average Bonchev–Trinajstić information content (AvgIpc) is 2.95. The third kappa shape index (κ3) is 5.08. The number of carbonyl (C=O) groups is 1. The summed E-state index contributed by atoms with van der Waals surface area (Å²) in [6.07, 6.45) is 5.76. The summed E-state index contributed by atoms with van der Waals surface area (Å²) in [4.78, 5) is 12.1. The lowest BCUT2D eigenvalue weighted by atomic mass is 10.0. The lowest BCUT2D eigenvalue weighted by molar-refractivity contribution is -0.117. The number of carbonyl (C=O) groups excluding carboxylic acids is 1. The minimum absolute atomic E-state index is 0.0178. The Morgan fingerprint density at radius 3 is 2.86 bits per heavy atom. The van der Waals surface area contributed by atoms with Crippen molar-refractivity contribution < 1.29 is 9.90 Å². The standard InChI is InChI=1S/C17H20ClNO2/c18-15-9-8-14(7-3-4-10-20)11-16(15)19-17(21)12-13-5-1-2-6-13/h8-9,11,13,20H,1-2,4-6,10,12H2,(H,19,21). The number of rotatable bonds is 4. The molecule has 1 aliphatic rings. The van der Waals surface area contributed by atoms with Crippen molar-refractivity contribution in [3.8, 4) is 11.8 Å². The quantitative estimate of drug-likeness (QED) is 0.835. The number of halogens is 1. The summed E-state index contributed by atoms with van der Waals surface area (Å²) in [5.74, 6) is 6.32. The van der Waals surface area contributed by atoms with Gasteiger partial charge in [0.1, 0.15) is 0 Å². The van der Waals surface area contributed by atoms with Gasteiger partial charge in [0.2, 0.25) is 5.91 Å². The number of hydrogen-bond donors (Lipinski definition) is 2. The van der Waals surface area contributed by atoms with Crippen LogP contribution in [0.25, 0.3) is 0 Å². The molecule has 1 aromatic carbocycles. The topological polar surface area (TPSA) is 49.3 Å². The van der Waals surface area contributed by atoms with Crippen molar-refractivity contribution in [3.05, 3.63) is 28.8 Å². The fraction of sp³-hybridized carbons (Fsp3) is 0.471. The molecule has 0 aromatic heterocycles. The molecule has 0 spiro atoms. The largest absolute Gasteiger partial charge is 0.395 e. The van der Waals surface area contributed by atoms with Gasteiger partial charge in [0.25, 0.3) is 0 Å². The Morgan fingerprint density at radius 2 is 2.14 bits per heavy atom. The van der Waals surface area contributed by atoms with Gasteiger partial charge in [-0.3, -0.25) is 4.79 Å². The van der Waals surface area contributed by atoms with E-state index in [1.807, 2.05) is 0 Å². The summed E-state index contributed by atoms with van der Waals surface area (Å²) < 4.78 is 0. The van der Waals surface area contributed by atoms with Crippen molar-refractivity contribution in [2.24, 2.45) is 5.92 Å². The normalized spacial score (nSPS) is 14.6. The maximum atomic E-state index is 12.1. The lowest BCUT2D eigenvalue weighted by Gasteiger charge is -2.11. The molecular weight excluding hydrogens is 286 g/mol. The van der Waals surface area contributed by atoms with Gasteiger partial charge in [0.15, 0.2) is 0 Å². The van der Waals surface area contributed by atoms with Crippen molar-refractivity contribution in [3.63, 3.8) is 0 Å². The maximum absolute atomic E-state index is 12.1. The highest BCUT2D eigenvalue weighted by Crippen LogP contribution is 2.29. The van der Waals surface area contributed by atoms with Crippen molar-refractivity contribution in [1.82, 2.24) is 0 Å². The van der Waals surface area contributed by atoms with Gasteiger partial charge in [0, 0.05) is 18.4 Å². The van der Waals surface area contributed by atoms with Crippen molar-refractivity contribution >= 4 is 23.2 Å². The zero-order valence-electron chi connectivity index (χ0n) is 12.0. The molecule has 21 heavy (non-hydrogen) atoms. The van der Waals surface area contributed by atoms with E-state index >= 15 is 0 Å². The molecule has 3 nitrogen and oxygen atoms in total. The number of aliphatic hydroxyl groups is 1. The molecular formula is C17H20ClNO2. The van der Waals surface area contributed by atoms with Gasteiger partial charge in [-0.25, -0.2) is 0 Å². The first kappa shape index (κ1) is 15.9. The van der Waals surface area contributed by atoms with Gasteiger partial charge < -0.3 is 10.4 Å². The van der Waals surface area contributed by atoms with Crippen molar-refractivity contribution in [1.29, 1.82) is 0 Å². The SMILES string of the molecule is O=C(CC1CCCC1)Nc1cc(C#CCCO)ccc1Cl. The fourth-order valence-corrected chi connectivity index (χ4v) is 2.76. The van der Waals surface area contributed by atoms with Gasteiger partial charge in [-0.1, -0.05) is 36.3 Å². The van der Waals surface area contributed by atoms with Crippen LogP contribution in [0.4, 0.5) is 5.69 Å². The van der Waals surface area contributed by atoms with E-state index in [1.165, 1.54) is 12.8 Å². The van der Waals surface area contributed by atoms with Gasteiger partial charge in [-0.15, -0.1) is 0 Å². The van der Waals surface area contributed by atoms with E-state index in [0.717, 1.165) is 18.4 Å². The van der Waals surface area contributed by atoms with Crippen LogP contribution in [0.5, 0.6) is 0 Å². The highest BCUT2D eigenvalue weighted by molar-refractivity contribution is 6.33. The molecule has 0 radical (unpaired) electrons. The predicted octanol–water partition coefficient (Wildman–Crippen LogP) is 3.59. The Labute approximate surface area is 130 Å². The highest BCUT2D eigenvalue weighted by atomic mass is 35.5. The summed E-state index contributed by atoms with van der Waals surface area (Å²) >= 11 is 6.12. The minimum atomic E-state index is 0.0178. The Bertz CT molecular complexity index is 554. The molecule has 2 N–H and O–H groups in total. The molecule has 0 aliphatic heterocycles. The zero-order chi connectivity index (χ0) is 15.1. The second-order valence-corrected chi connectivity index (χ2v) is 5.78. The smallest absolute Gasteiger partial charge is 0.224 e. The number of anilines is 1. The van der Waals surface area contributed by atoms with E-state index in [0.29, 0.717) is 29.5 Å². The summed E-state index contributed by atoms with van der Waals surface area (Å²) in [6.45, 7) is 0.0472. The van der Waals surface area contributed by atoms with Crippen LogP contribution >= 0.6 is 11.6 Å².